The normalized spacial score (nSPS) is 25.0. The van der Waals surface area contributed by atoms with Crippen molar-refractivity contribution in [2.24, 2.45) is 5.92 Å². The van der Waals surface area contributed by atoms with Crippen molar-refractivity contribution >= 4 is 11.8 Å². The molecule has 5 nitrogen and oxygen atoms in total. The first kappa shape index (κ1) is 14.9. The number of rotatable bonds is 5. The lowest BCUT2D eigenvalue weighted by Crippen LogP contribution is -2.44. The van der Waals surface area contributed by atoms with E-state index in [2.05, 4.69) is 0 Å². The Hall–Kier alpha value is -1.98. The number of nitrogens with zero attached hydrogens (tertiary/aromatic N) is 1. The summed E-state index contributed by atoms with van der Waals surface area (Å²) < 4.78 is 11.5. The molecule has 116 valence electrons. The van der Waals surface area contributed by atoms with E-state index in [9.17, 15) is 9.59 Å². The first-order chi connectivity index (χ1) is 10.7. The van der Waals surface area contributed by atoms with Gasteiger partial charge in [-0.25, -0.2) is 0 Å². The average Bonchev–Trinajstić information content (AvgIpc) is 2.87. The van der Waals surface area contributed by atoms with Gasteiger partial charge < -0.3 is 9.47 Å². The van der Waals surface area contributed by atoms with Crippen LogP contribution in [0.5, 0.6) is 0 Å². The zero-order chi connectivity index (χ0) is 15.4. The van der Waals surface area contributed by atoms with Crippen molar-refractivity contribution in [3.8, 4) is 0 Å². The van der Waals surface area contributed by atoms with Crippen LogP contribution in [0.15, 0.2) is 42.5 Å². The summed E-state index contributed by atoms with van der Waals surface area (Å²) in [7, 11) is 0. The van der Waals surface area contributed by atoms with Crippen molar-refractivity contribution < 1.29 is 19.1 Å². The molecule has 0 aromatic heterocycles. The zero-order valence-corrected chi connectivity index (χ0v) is 12.3. The third-order valence-corrected chi connectivity index (χ3v) is 4.07. The number of amides is 2. The molecule has 2 atom stereocenters. The van der Waals surface area contributed by atoms with Gasteiger partial charge in [-0.15, -0.1) is 0 Å². The molecule has 0 bridgehead atoms. The van der Waals surface area contributed by atoms with Gasteiger partial charge in [-0.3, -0.25) is 14.5 Å². The maximum absolute atomic E-state index is 11.7. The minimum Gasteiger partial charge on any atom is -0.379 e. The lowest BCUT2D eigenvalue weighted by Gasteiger charge is -2.33. The van der Waals surface area contributed by atoms with Crippen molar-refractivity contribution in [3.05, 3.63) is 48.0 Å². The molecule has 1 aromatic carbocycles. The Labute approximate surface area is 129 Å². The van der Waals surface area contributed by atoms with Gasteiger partial charge in [0.2, 0.25) is 0 Å². The smallest absolute Gasteiger partial charge is 0.253 e. The molecule has 22 heavy (non-hydrogen) atoms. The Kier molecular flexibility index (Phi) is 4.65. The number of benzene rings is 1. The zero-order valence-electron chi connectivity index (χ0n) is 12.3. The highest BCUT2D eigenvalue weighted by atomic mass is 16.5. The number of imide groups is 1. The van der Waals surface area contributed by atoms with E-state index in [0.29, 0.717) is 26.4 Å². The van der Waals surface area contributed by atoms with Crippen LogP contribution >= 0.6 is 0 Å². The van der Waals surface area contributed by atoms with Gasteiger partial charge in [-0.1, -0.05) is 30.3 Å². The van der Waals surface area contributed by atoms with Crippen LogP contribution in [0.3, 0.4) is 0 Å². The van der Waals surface area contributed by atoms with E-state index < -0.39 is 0 Å². The standard InChI is InChI=1S/C17H19NO4/c19-16-6-7-17(20)18(16)10-14-8-9-21-12-15(14)22-11-13-4-2-1-3-5-13/h1-7,14-15H,8-12H2. The first-order valence-corrected chi connectivity index (χ1v) is 7.51. The van der Waals surface area contributed by atoms with E-state index in [0.717, 1.165) is 12.0 Å². The molecule has 2 amide bonds. The van der Waals surface area contributed by atoms with Gasteiger partial charge in [0.05, 0.1) is 19.3 Å². The second kappa shape index (κ2) is 6.85. The quantitative estimate of drug-likeness (QED) is 0.774. The van der Waals surface area contributed by atoms with Crippen molar-refractivity contribution in [2.45, 2.75) is 19.1 Å². The molecule has 2 heterocycles. The maximum atomic E-state index is 11.7. The summed E-state index contributed by atoms with van der Waals surface area (Å²) in [5, 5.41) is 0. The predicted molar refractivity (Wildman–Crippen MR) is 79.8 cm³/mol. The summed E-state index contributed by atoms with van der Waals surface area (Å²) in [6, 6.07) is 9.93. The highest BCUT2D eigenvalue weighted by Crippen LogP contribution is 2.22. The third-order valence-electron chi connectivity index (χ3n) is 4.07. The monoisotopic (exact) mass is 301 g/mol. The Morgan fingerprint density at radius 1 is 1.14 bits per heavy atom. The number of carbonyl (C=O) groups is 2. The van der Waals surface area contributed by atoms with Crippen LogP contribution in [0.1, 0.15) is 12.0 Å². The number of hydrogen-bond acceptors (Lipinski definition) is 4. The van der Waals surface area contributed by atoms with Crippen molar-refractivity contribution in [2.75, 3.05) is 19.8 Å². The van der Waals surface area contributed by atoms with Crippen LogP contribution in [-0.4, -0.2) is 42.6 Å². The molecular weight excluding hydrogens is 282 g/mol. The van der Waals surface area contributed by atoms with Crippen LogP contribution in [0.2, 0.25) is 0 Å². The van der Waals surface area contributed by atoms with Crippen molar-refractivity contribution in [1.82, 2.24) is 4.90 Å². The molecule has 1 aromatic rings. The summed E-state index contributed by atoms with van der Waals surface area (Å²) in [5.74, 6) is -0.359. The lowest BCUT2D eigenvalue weighted by molar-refractivity contribution is -0.141. The number of ether oxygens (including phenoxy) is 2. The lowest BCUT2D eigenvalue weighted by atomic mass is 9.96. The highest BCUT2D eigenvalue weighted by molar-refractivity contribution is 6.12. The Morgan fingerprint density at radius 3 is 2.59 bits per heavy atom. The molecule has 3 rings (SSSR count). The van der Waals surface area contributed by atoms with Crippen LogP contribution in [0, 0.1) is 5.92 Å². The Bertz CT molecular complexity index is 551. The minimum absolute atomic E-state index is 0.102. The SMILES string of the molecule is O=C1C=CC(=O)N1CC1CCOCC1OCc1ccccc1. The largest absolute Gasteiger partial charge is 0.379 e. The molecule has 0 N–H and O–H groups in total. The van der Waals surface area contributed by atoms with E-state index in [1.807, 2.05) is 30.3 Å². The van der Waals surface area contributed by atoms with Crippen LogP contribution < -0.4 is 0 Å². The van der Waals surface area contributed by atoms with Gasteiger partial charge in [0.1, 0.15) is 0 Å². The average molecular weight is 301 g/mol. The molecule has 5 heteroatoms. The number of carbonyl (C=O) groups excluding carboxylic acids is 2. The van der Waals surface area contributed by atoms with Crippen molar-refractivity contribution in [1.29, 1.82) is 0 Å². The molecule has 1 saturated heterocycles. The summed E-state index contributed by atoms with van der Waals surface area (Å²) in [5.41, 5.74) is 1.10. The first-order valence-electron chi connectivity index (χ1n) is 7.51. The summed E-state index contributed by atoms with van der Waals surface area (Å²) in [4.78, 5) is 24.7. The second-order valence-corrected chi connectivity index (χ2v) is 5.58. The molecule has 0 spiro atoms. The molecular formula is C17H19NO4. The fourth-order valence-corrected chi connectivity index (χ4v) is 2.77. The molecule has 1 fully saturated rings. The van der Waals surface area contributed by atoms with Crippen LogP contribution in [0.25, 0.3) is 0 Å². The van der Waals surface area contributed by atoms with Gasteiger partial charge in [-0.05, 0) is 12.0 Å². The highest BCUT2D eigenvalue weighted by Gasteiger charge is 2.33. The predicted octanol–water partition coefficient (Wildman–Crippen LogP) is 1.53. The fraction of sp³-hybridized carbons (Fsp3) is 0.412. The van der Waals surface area contributed by atoms with Gasteiger partial charge in [0, 0.05) is 31.2 Å². The van der Waals surface area contributed by atoms with Crippen LogP contribution in [0.4, 0.5) is 0 Å². The minimum atomic E-state index is -0.238. The second-order valence-electron chi connectivity index (χ2n) is 5.58. The van der Waals surface area contributed by atoms with E-state index in [-0.39, 0.29) is 23.8 Å². The van der Waals surface area contributed by atoms with Gasteiger partial charge in [-0.2, -0.15) is 0 Å². The van der Waals surface area contributed by atoms with Crippen molar-refractivity contribution in [3.63, 3.8) is 0 Å². The third kappa shape index (κ3) is 3.43. The topological polar surface area (TPSA) is 55.8 Å². The van der Waals surface area contributed by atoms with Gasteiger partial charge in [0.15, 0.2) is 0 Å². The maximum Gasteiger partial charge on any atom is 0.253 e. The van der Waals surface area contributed by atoms with Crippen LogP contribution in [-0.2, 0) is 25.7 Å². The molecule has 0 aliphatic carbocycles. The molecule has 2 aliphatic rings. The fourth-order valence-electron chi connectivity index (χ4n) is 2.77. The van der Waals surface area contributed by atoms with Gasteiger partial charge >= 0.3 is 0 Å². The summed E-state index contributed by atoms with van der Waals surface area (Å²) >= 11 is 0. The van der Waals surface area contributed by atoms with E-state index in [1.165, 1.54) is 17.1 Å². The summed E-state index contributed by atoms with van der Waals surface area (Å²) in [6.07, 6.45) is 3.33. The van der Waals surface area contributed by atoms with E-state index in [1.54, 1.807) is 0 Å². The van der Waals surface area contributed by atoms with Gasteiger partial charge in [0.25, 0.3) is 11.8 Å². The Balaban J connectivity index is 1.59. The van der Waals surface area contributed by atoms with E-state index >= 15 is 0 Å². The summed E-state index contributed by atoms with van der Waals surface area (Å²) in [6.45, 7) is 2.04. The molecule has 2 unspecified atom stereocenters. The van der Waals surface area contributed by atoms with E-state index in [4.69, 9.17) is 9.47 Å². The molecule has 0 saturated carbocycles. The Morgan fingerprint density at radius 2 is 1.86 bits per heavy atom. The molecule has 0 radical (unpaired) electrons. The number of hydrogen-bond donors (Lipinski definition) is 0. The molecule has 2 aliphatic heterocycles.